The van der Waals surface area contributed by atoms with E-state index in [1.165, 1.54) is 0 Å². The summed E-state index contributed by atoms with van der Waals surface area (Å²) in [5.74, 6) is -4.37. The molecule has 0 aromatic heterocycles. The summed E-state index contributed by atoms with van der Waals surface area (Å²) < 4.78 is 26.7. The van der Waals surface area contributed by atoms with Gasteiger partial charge in [0.25, 0.3) is 5.92 Å². The fourth-order valence-corrected chi connectivity index (χ4v) is 2.38. The molecule has 2 N–H and O–H groups in total. The molecule has 15 heavy (non-hydrogen) atoms. The number of nitrogens with one attached hydrogen (secondary N) is 1. The number of piperidine rings is 1. The van der Waals surface area contributed by atoms with Crippen LogP contribution in [0.2, 0.25) is 0 Å². The van der Waals surface area contributed by atoms with Gasteiger partial charge in [-0.15, -0.1) is 12.4 Å². The number of alkyl halides is 2. The number of carboxylic acids is 1. The van der Waals surface area contributed by atoms with Gasteiger partial charge in [0.1, 0.15) is 5.54 Å². The molecule has 88 valence electrons. The molecule has 2 unspecified atom stereocenters. The summed E-state index contributed by atoms with van der Waals surface area (Å²) in [6.07, 6.45) is 0.359. The van der Waals surface area contributed by atoms with Gasteiger partial charge in [0, 0.05) is 18.9 Å². The smallest absolute Gasteiger partial charge is 0.323 e. The van der Waals surface area contributed by atoms with E-state index in [4.69, 9.17) is 5.11 Å². The lowest BCUT2D eigenvalue weighted by Gasteiger charge is -2.34. The summed E-state index contributed by atoms with van der Waals surface area (Å²) in [5.41, 5.74) is -1.09. The molecule has 1 saturated carbocycles. The van der Waals surface area contributed by atoms with E-state index in [1.807, 2.05) is 0 Å². The highest BCUT2D eigenvalue weighted by atomic mass is 35.5. The minimum Gasteiger partial charge on any atom is -0.480 e. The summed E-state index contributed by atoms with van der Waals surface area (Å²) in [4.78, 5) is 11.0. The predicted octanol–water partition coefficient (Wildman–Crippen LogP) is 1.66. The fourth-order valence-electron chi connectivity index (χ4n) is 2.38. The lowest BCUT2D eigenvalue weighted by atomic mass is 9.86. The van der Waals surface area contributed by atoms with Crippen molar-refractivity contribution in [1.82, 2.24) is 5.32 Å². The number of aliphatic carboxylic acids is 1. The molecule has 2 heterocycles. The Hall–Kier alpha value is -0.420. The normalized spacial score (nSPS) is 37.9. The molecule has 2 saturated heterocycles. The average Bonchev–Trinajstić information content (AvgIpc) is 2.34. The van der Waals surface area contributed by atoms with Gasteiger partial charge in [-0.05, 0) is 19.3 Å². The Bertz CT molecular complexity index is 265. The van der Waals surface area contributed by atoms with Crippen molar-refractivity contribution in [1.29, 1.82) is 0 Å². The monoisotopic (exact) mass is 241 g/mol. The van der Waals surface area contributed by atoms with Crippen LogP contribution in [0, 0.1) is 5.92 Å². The van der Waals surface area contributed by atoms with Gasteiger partial charge in [-0.2, -0.15) is 0 Å². The first-order valence-corrected chi connectivity index (χ1v) is 4.83. The SMILES string of the molecule is Cl.O=C(O)C12CCC(CN1)C(F)(F)CC2. The highest BCUT2D eigenvalue weighted by molar-refractivity contribution is 5.85. The van der Waals surface area contributed by atoms with Gasteiger partial charge in [-0.25, -0.2) is 8.78 Å². The van der Waals surface area contributed by atoms with Gasteiger partial charge in [0.2, 0.25) is 0 Å². The second kappa shape index (κ2) is 3.87. The van der Waals surface area contributed by atoms with Gasteiger partial charge in [0.15, 0.2) is 0 Å². The average molecular weight is 242 g/mol. The van der Waals surface area contributed by atoms with Crippen LogP contribution in [0.3, 0.4) is 0 Å². The number of carboxylic acid groups (broad SMARTS) is 1. The Morgan fingerprint density at radius 2 is 2.00 bits per heavy atom. The molecule has 0 radical (unpaired) electrons. The highest BCUT2D eigenvalue weighted by Gasteiger charge is 2.53. The largest absolute Gasteiger partial charge is 0.480 e. The van der Waals surface area contributed by atoms with Crippen molar-refractivity contribution in [2.75, 3.05) is 6.54 Å². The van der Waals surface area contributed by atoms with Crippen molar-refractivity contribution in [2.45, 2.75) is 37.1 Å². The van der Waals surface area contributed by atoms with Crippen LogP contribution in [0.15, 0.2) is 0 Å². The van der Waals surface area contributed by atoms with Gasteiger partial charge < -0.3 is 10.4 Å². The van der Waals surface area contributed by atoms with E-state index >= 15 is 0 Å². The van der Waals surface area contributed by atoms with Gasteiger partial charge in [0.05, 0.1) is 0 Å². The number of carbonyl (C=O) groups is 1. The van der Waals surface area contributed by atoms with Gasteiger partial charge in [-0.3, -0.25) is 4.79 Å². The molecule has 0 aromatic carbocycles. The molecule has 3 rings (SSSR count). The van der Waals surface area contributed by atoms with Gasteiger partial charge >= 0.3 is 5.97 Å². The molecule has 2 aliphatic heterocycles. The van der Waals surface area contributed by atoms with Crippen LogP contribution in [0.1, 0.15) is 25.7 Å². The van der Waals surface area contributed by atoms with E-state index in [2.05, 4.69) is 5.32 Å². The van der Waals surface area contributed by atoms with Crippen LogP contribution in [-0.4, -0.2) is 29.1 Å². The molecule has 2 atom stereocenters. The van der Waals surface area contributed by atoms with Crippen molar-refractivity contribution in [3.05, 3.63) is 0 Å². The third kappa shape index (κ3) is 1.95. The first-order valence-electron chi connectivity index (χ1n) is 4.83. The summed E-state index contributed by atoms with van der Waals surface area (Å²) >= 11 is 0. The molecule has 2 bridgehead atoms. The van der Waals surface area contributed by atoms with E-state index in [0.29, 0.717) is 12.8 Å². The number of halogens is 3. The molecule has 3 fully saturated rings. The van der Waals surface area contributed by atoms with Crippen molar-refractivity contribution in [3.63, 3.8) is 0 Å². The molecule has 0 amide bonds. The Kier molecular flexibility index (Phi) is 3.26. The van der Waals surface area contributed by atoms with Crippen LogP contribution in [0.25, 0.3) is 0 Å². The maximum absolute atomic E-state index is 13.4. The van der Waals surface area contributed by atoms with E-state index in [0.717, 1.165) is 0 Å². The van der Waals surface area contributed by atoms with Crippen molar-refractivity contribution in [2.24, 2.45) is 5.92 Å². The molecule has 3 aliphatic rings. The number of hydrogen-bond donors (Lipinski definition) is 2. The first kappa shape index (κ1) is 12.6. The van der Waals surface area contributed by atoms with E-state index in [-0.39, 0.29) is 31.8 Å². The second-order valence-electron chi connectivity index (χ2n) is 4.26. The second-order valence-corrected chi connectivity index (χ2v) is 4.26. The van der Waals surface area contributed by atoms with Crippen LogP contribution in [0.4, 0.5) is 8.78 Å². The first-order chi connectivity index (χ1) is 6.46. The maximum atomic E-state index is 13.4. The van der Waals surface area contributed by atoms with E-state index in [1.54, 1.807) is 0 Å². The molecule has 3 nitrogen and oxygen atoms in total. The van der Waals surface area contributed by atoms with Crippen LogP contribution >= 0.6 is 12.4 Å². The molecule has 1 aliphatic carbocycles. The Morgan fingerprint density at radius 3 is 2.47 bits per heavy atom. The quantitative estimate of drug-likeness (QED) is 0.734. The molecule has 0 aromatic rings. The Labute approximate surface area is 92.6 Å². The number of rotatable bonds is 1. The zero-order chi connectivity index (χ0) is 10.4. The predicted molar refractivity (Wildman–Crippen MR) is 52.5 cm³/mol. The van der Waals surface area contributed by atoms with Crippen molar-refractivity contribution in [3.8, 4) is 0 Å². The Balaban J connectivity index is 0.00000112. The fraction of sp³-hybridized carbons (Fsp3) is 0.889. The molecular weight excluding hydrogens is 228 g/mol. The summed E-state index contributed by atoms with van der Waals surface area (Å²) in [5, 5.41) is 11.8. The van der Waals surface area contributed by atoms with Crippen LogP contribution in [0.5, 0.6) is 0 Å². The van der Waals surface area contributed by atoms with Crippen LogP contribution < -0.4 is 5.32 Å². The topological polar surface area (TPSA) is 49.3 Å². The van der Waals surface area contributed by atoms with Crippen molar-refractivity contribution < 1.29 is 18.7 Å². The lowest BCUT2D eigenvalue weighted by molar-refractivity contribution is -0.146. The zero-order valence-electron chi connectivity index (χ0n) is 8.13. The molecular formula is C9H14ClF2NO2. The standard InChI is InChI=1S/C9H13F2NO2.ClH/c10-9(11)4-3-8(7(13)14)2-1-6(9)5-12-8;/h6,12H,1-5H2,(H,13,14);1H. The highest BCUT2D eigenvalue weighted by Crippen LogP contribution is 2.43. The van der Waals surface area contributed by atoms with Crippen molar-refractivity contribution >= 4 is 18.4 Å². The Morgan fingerprint density at radius 1 is 1.33 bits per heavy atom. The number of fused-ring (bicyclic) bond motifs is 4. The maximum Gasteiger partial charge on any atom is 0.323 e. The third-order valence-electron chi connectivity index (χ3n) is 3.50. The third-order valence-corrected chi connectivity index (χ3v) is 3.50. The minimum absolute atomic E-state index is 0. The summed E-state index contributed by atoms with van der Waals surface area (Å²) in [6, 6.07) is 0. The zero-order valence-corrected chi connectivity index (χ0v) is 8.95. The van der Waals surface area contributed by atoms with Gasteiger partial charge in [-0.1, -0.05) is 0 Å². The van der Waals surface area contributed by atoms with E-state index in [9.17, 15) is 13.6 Å². The van der Waals surface area contributed by atoms with Crippen LogP contribution in [-0.2, 0) is 4.79 Å². The van der Waals surface area contributed by atoms with E-state index < -0.39 is 23.3 Å². The summed E-state index contributed by atoms with van der Waals surface area (Å²) in [6.45, 7) is 0.124. The minimum atomic E-state index is -2.69. The lowest BCUT2D eigenvalue weighted by Crippen LogP contribution is -2.55. The number of hydrogen-bond acceptors (Lipinski definition) is 2. The summed E-state index contributed by atoms with van der Waals surface area (Å²) in [7, 11) is 0. The molecule has 6 heteroatoms. The molecule has 0 spiro atoms.